The maximum atomic E-state index is 13.3. The first-order chi connectivity index (χ1) is 44.9. The van der Waals surface area contributed by atoms with Gasteiger partial charge in [0, 0.05) is 30.5 Å². The van der Waals surface area contributed by atoms with Gasteiger partial charge in [0.1, 0.15) is 20.7 Å². The Bertz CT molecular complexity index is 3690. The lowest BCUT2D eigenvalue weighted by Crippen LogP contribution is -2.23. The van der Waals surface area contributed by atoms with Gasteiger partial charge < -0.3 is 19.7 Å². The van der Waals surface area contributed by atoms with Crippen molar-refractivity contribution in [2.75, 3.05) is 42.0 Å². The molecule has 96 heavy (non-hydrogen) atoms. The molecule has 530 valence electrons. The van der Waals surface area contributed by atoms with Crippen molar-refractivity contribution in [1.29, 1.82) is 0 Å². The number of thiophene rings is 3. The highest BCUT2D eigenvalue weighted by atomic mass is 32.2. The van der Waals surface area contributed by atoms with Crippen LogP contribution in [0.5, 0.6) is 0 Å². The van der Waals surface area contributed by atoms with Crippen molar-refractivity contribution in [3.8, 4) is 0 Å². The van der Waals surface area contributed by atoms with Gasteiger partial charge in [0.15, 0.2) is 0 Å². The molecule has 1 aliphatic heterocycles. The molecule has 1 aliphatic rings. The summed E-state index contributed by atoms with van der Waals surface area (Å²) in [7, 11) is -4.13. The van der Waals surface area contributed by atoms with Gasteiger partial charge in [0.05, 0.1) is 37.4 Å². The van der Waals surface area contributed by atoms with Crippen molar-refractivity contribution in [2.45, 2.75) is 166 Å². The Morgan fingerprint density at radius 2 is 1.04 bits per heavy atom. The number of hydrogen-bond acceptors (Lipinski definition) is 13. The van der Waals surface area contributed by atoms with Gasteiger partial charge in [0.2, 0.25) is 31.9 Å². The maximum Gasteiger partial charge on any atom is 0.348 e. The van der Waals surface area contributed by atoms with Crippen LogP contribution >= 0.6 is 34.0 Å². The van der Waals surface area contributed by atoms with Crippen LogP contribution in [0.4, 0.5) is 25.8 Å². The van der Waals surface area contributed by atoms with Crippen LogP contribution in [0.25, 0.3) is 0 Å². The van der Waals surface area contributed by atoms with Gasteiger partial charge in [-0.3, -0.25) is 14.3 Å². The number of nitrogens with one attached hydrogen (secondary N) is 2. The molecule has 4 N–H and O–H groups in total. The van der Waals surface area contributed by atoms with Crippen LogP contribution < -0.4 is 20.1 Å². The summed E-state index contributed by atoms with van der Waals surface area (Å²) >= 11 is 4.49. The van der Waals surface area contributed by atoms with E-state index in [-0.39, 0.29) is 39.3 Å². The zero-order chi connectivity index (χ0) is 72.5. The lowest BCUT2D eigenvalue weighted by Gasteiger charge is -2.17. The number of nitrogens with zero attached hydrogens (tertiary/aromatic N) is 1. The number of carbonyl (C=O) groups excluding carboxylic acids is 4. The average molecular weight is 1420 g/mol. The van der Waals surface area contributed by atoms with Crippen molar-refractivity contribution in [3.05, 3.63) is 186 Å². The highest BCUT2D eigenvalue weighted by molar-refractivity contribution is 7.92. The third-order valence-corrected chi connectivity index (χ3v) is 18.2. The maximum absolute atomic E-state index is 13.3. The fraction of sp³-hybridized carbons (Fsp3) is 0.467. The largest absolute Gasteiger partial charge is 0.465 e. The fourth-order valence-electron chi connectivity index (χ4n) is 9.63. The summed E-state index contributed by atoms with van der Waals surface area (Å²) in [6.07, 6.45) is 9.59. The quantitative estimate of drug-likeness (QED) is 0.0580. The van der Waals surface area contributed by atoms with Crippen molar-refractivity contribution >= 4 is 94.9 Å². The molecule has 21 heteroatoms. The number of sulfonamides is 2. The SMILES string of the molecule is CC(=O)Nc1cc(CC(C)C)ccc1F.CC(C)Cc1ccc(F)c(NS(C)(=O)=O)c1.CC(C)Cc1ccc(S(N)(=O)=O)s1.CC(C)Cc1cccc(N2CCCC2=O)c1.CC(C)Cc1ccsc1.COC(=O)c1cc(CC(C)C)cs1.COC(=O)c1cccc(CC(C)C)c1. The predicted octanol–water partition coefficient (Wildman–Crippen LogP) is 18.3. The van der Waals surface area contributed by atoms with Gasteiger partial charge in [0.25, 0.3) is 0 Å². The number of ether oxygens (including phenoxy) is 2. The molecule has 3 aromatic heterocycles. The number of anilines is 3. The average Bonchev–Trinajstić information content (AvgIpc) is 2.06. The van der Waals surface area contributed by atoms with Crippen molar-refractivity contribution in [1.82, 2.24) is 0 Å². The minimum absolute atomic E-state index is 0.0145. The zero-order valence-corrected chi connectivity index (χ0v) is 63.7. The second-order valence-electron chi connectivity index (χ2n) is 26.6. The van der Waals surface area contributed by atoms with E-state index in [0.29, 0.717) is 52.4 Å². The number of primary sulfonamides is 1. The molecule has 8 rings (SSSR count). The van der Waals surface area contributed by atoms with Gasteiger partial charge >= 0.3 is 11.9 Å². The third kappa shape index (κ3) is 36.6. The number of esters is 2. The van der Waals surface area contributed by atoms with Crippen molar-refractivity contribution in [3.63, 3.8) is 0 Å². The summed E-state index contributed by atoms with van der Waals surface area (Å²) in [5, 5.41) is 13.8. The zero-order valence-electron chi connectivity index (χ0n) is 59.6. The Morgan fingerprint density at radius 1 is 0.562 bits per heavy atom. The minimum Gasteiger partial charge on any atom is -0.465 e. The normalized spacial score (nSPS) is 11.9. The lowest BCUT2D eigenvalue weighted by atomic mass is 10.0. The van der Waals surface area contributed by atoms with Gasteiger partial charge in [-0.15, -0.1) is 22.7 Å². The number of benzene rings is 4. The Labute approximate surface area is 585 Å². The summed E-state index contributed by atoms with van der Waals surface area (Å²) < 4.78 is 82.1. The molecule has 1 fully saturated rings. The number of halogens is 2. The molecule has 2 amide bonds. The summed E-state index contributed by atoms with van der Waals surface area (Å²) in [4.78, 5) is 48.5. The van der Waals surface area contributed by atoms with Crippen LogP contribution in [0.15, 0.2) is 130 Å². The van der Waals surface area contributed by atoms with Crippen LogP contribution in [0, 0.1) is 53.1 Å². The third-order valence-electron chi connectivity index (χ3n) is 13.3. The molecule has 0 saturated carbocycles. The Kier molecular flexibility index (Phi) is 38.8. The number of rotatable bonds is 21. The molecule has 0 unspecified atom stereocenters. The van der Waals surface area contributed by atoms with Crippen LogP contribution in [0.3, 0.4) is 0 Å². The molecular weight excluding hydrogens is 1320 g/mol. The first-order valence-electron chi connectivity index (χ1n) is 32.5. The van der Waals surface area contributed by atoms with Gasteiger partial charge in [-0.2, -0.15) is 11.3 Å². The molecular formula is C75H106F2N4O10S5. The summed E-state index contributed by atoms with van der Waals surface area (Å²) in [6.45, 7) is 32.3. The second kappa shape index (κ2) is 43.6. The van der Waals surface area contributed by atoms with E-state index in [9.17, 15) is 44.8 Å². The monoisotopic (exact) mass is 1420 g/mol. The molecule has 0 atom stereocenters. The van der Waals surface area contributed by atoms with E-state index < -0.39 is 31.7 Å². The van der Waals surface area contributed by atoms with Gasteiger partial charge in [-0.25, -0.2) is 40.3 Å². The Balaban J connectivity index is 0.000000383. The standard InChI is InChI=1S/C14H19NO.C12H16FNO.C12H16O2.C11H16FNO2S.C10H14O2S.C8H13NO2S2.C8H12S/c1-11(2)9-12-5-3-6-13(10-12)15-8-4-7-14(15)16;1-8(2)6-10-4-5-11(13)12(7-10)14-9(3)15;1-9(2)7-10-5-4-6-11(8-10)12(13)14-3;1-8(2)6-9-4-5-10(12)11(7-9)13-16(3,14)15;1-7(2)4-8-5-9(13-6-8)10(11)12-3;1-6(2)5-7-3-4-8(12-7)13(9,10)11;1-7(2)5-8-3-4-9-6-8/h3,5-6,10-11H,4,7-9H2,1-2H3;4-5,7-8H,6H2,1-3H3,(H,14,15);4-6,8-9H,7H2,1-3H3;4-5,7-8,13H,6H2,1-3H3;5-7H,4H2,1-3H3;3-4,6H,5H2,1-2H3,(H2,9,10,11);3-4,6-7H,5H2,1-2H3. The Morgan fingerprint density at radius 3 is 1.49 bits per heavy atom. The molecule has 0 aliphatic carbocycles. The van der Waals surface area contributed by atoms with Gasteiger partial charge in [-0.1, -0.05) is 133 Å². The number of amides is 2. The number of methoxy groups -OCH3 is 2. The number of carbonyl (C=O) groups is 4. The molecule has 0 spiro atoms. The van der Waals surface area contributed by atoms with Crippen LogP contribution in [0.1, 0.15) is 175 Å². The Hall–Kier alpha value is -6.62. The fourth-order valence-corrected chi connectivity index (χ4v) is 13.7. The topological polar surface area (TPSA) is 208 Å². The van der Waals surface area contributed by atoms with E-state index in [4.69, 9.17) is 5.14 Å². The summed E-state index contributed by atoms with van der Waals surface area (Å²) in [5.74, 6) is 2.72. The first kappa shape index (κ1) is 85.5. The number of hydrogen-bond donors (Lipinski definition) is 3. The molecule has 0 radical (unpaired) electrons. The highest BCUT2D eigenvalue weighted by Gasteiger charge is 2.22. The van der Waals surface area contributed by atoms with E-state index in [1.807, 2.05) is 60.5 Å². The van der Waals surface area contributed by atoms with Crippen LogP contribution in [-0.4, -0.2) is 67.6 Å². The molecule has 4 heterocycles. The van der Waals surface area contributed by atoms with Crippen molar-refractivity contribution in [2.24, 2.45) is 46.6 Å². The van der Waals surface area contributed by atoms with E-state index in [2.05, 4.69) is 138 Å². The van der Waals surface area contributed by atoms with Crippen LogP contribution in [-0.2, 0) is 84.1 Å². The number of nitrogens with two attached hydrogens (primary N) is 1. The van der Waals surface area contributed by atoms with E-state index in [0.717, 1.165) is 85.4 Å². The molecule has 7 aromatic rings. The predicted molar refractivity (Wildman–Crippen MR) is 397 cm³/mol. The minimum atomic E-state index is -3.50. The lowest BCUT2D eigenvalue weighted by molar-refractivity contribution is -0.117. The molecule has 0 bridgehead atoms. The smallest absolute Gasteiger partial charge is 0.348 e. The van der Waals surface area contributed by atoms with Crippen LogP contribution in [0.2, 0.25) is 0 Å². The van der Waals surface area contributed by atoms with Crippen molar-refractivity contribution < 1.29 is 54.3 Å². The summed E-state index contributed by atoms with van der Waals surface area (Å²) in [6, 6.07) is 32.8. The van der Waals surface area contributed by atoms with E-state index >= 15 is 0 Å². The highest BCUT2D eigenvalue weighted by Crippen LogP contribution is 2.26. The molecule has 4 aromatic carbocycles. The van der Waals surface area contributed by atoms with E-state index in [1.54, 1.807) is 41.7 Å². The van der Waals surface area contributed by atoms with E-state index in [1.165, 1.54) is 90.7 Å². The molecule has 14 nitrogen and oxygen atoms in total. The molecule has 1 saturated heterocycles. The second-order valence-corrected chi connectivity index (χ2v) is 33.0. The summed E-state index contributed by atoms with van der Waals surface area (Å²) in [5.41, 5.74) is 9.15. The van der Waals surface area contributed by atoms with Gasteiger partial charge in [-0.05, 0) is 215 Å². The first-order valence-corrected chi connectivity index (χ1v) is 38.6.